The second-order valence-electron chi connectivity index (χ2n) is 5.62. The number of nitrogens with one attached hydrogen (secondary N) is 2. The smallest absolute Gasteiger partial charge is 0.323 e. The highest BCUT2D eigenvalue weighted by Gasteiger charge is 2.27. The predicted molar refractivity (Wildman–Crippen MR) is 93.9 cm³/mol. The molecule has 0 saturated heterocycles. The molecule has 0 fully saturated rings. The summed E-state index contributed by atoms with van der Waals surface area (Å²) >= 11 is 12.0. The van der Waals surface area contributed by atoms with Crippen molar-refractivity contribution in [2.75, 3.05) is 23.8 Å². The first-order valence-corrected chi connectivity index (χ1v) is 8.35. The molecule has 2 amide bonds. The number of hydrogen-bond donors (Lipinski definition) is 2. The van der Waals surface area contributed by atoms with Crippen molar-refractivity contribution in [2.24, 2.45) is 0 Å². The molecule has 0 unspecified atom stereocenters. The zero-order valence-corrected chi connectivity index (χ0v) is 14.1. The zero-order chi connectivity index (χ0) is 16.7. The van der Waals surface area contributed by atoms with Gasteiger partial charge in [0.05, 0.1) is 29.6 Å². The molecule has 2 aliphatic rings. The summed E-state index contributed by atoms with van der Waals surface area (Å²) in [6.07, 6.45) is 1.54. The fourth-order valence-electron chi connectivity index (χ4n) is 2.98. The van der Waals surface area contributed by atoms with E-state index in [1.54, 1.807) is 18.2 Å². The number of hydrogen-bond acceptors (Lipinski definition) is 3. The molecule has 7 heteroatoms. The van der Waals surface area contributed by atoms with Gasteiger partial charge in [0, 0.05) is 29.0 Å². The van der Waals surface area contributed by atoms with Gasteiger partial charge in [-0.1, -0.05) is 23.2 Å². The van der Waals surface area contributed by atoms with Crippen molar-refractivity contribution >= 4 is 40.6 Å². The largest absolute Gasteiger partial charge is 0.493 e. The molecule has 0 aliphatic carbocycles. The van der Waals surface area contributed by atoms with E-state index in [2.05, 4.69) is 10.6 Å². The fourth-order valence-corrected chi connectivity index (χ4v) is 3.31. The molecule has 0 saturated carbocycles. The number of amides is 2. The van der Waals surface area contributed by atoms with Gasteiger partial charge in [0.2, 0.25) is 0 Å². The highest BCUT2D eigenvalue weighted by molar-refractivity contribution is 6.35. The van der Waals surface area contributed by atoms with Crippen LogP contribution < -0.4 is 20.1 Å². The summed E-state index contributed by atoms with van der Waals surface area (Å²) in [5, 5.41) is 6.51. The summed E-state index contributed by atoms with van der Waals surface area (Å²) in [5.74, 6) is 1.54. The second-order valence-corrected chi connectivity index (χ2v) is 6.46. The number of halogens is 2. The van der Waals surface area contributed by atoms with Crippen LogP contribution in [0.15, 0.2) is 24.3 Å². The summed E-state index contributed by atoms with van der Waals surface area (Å²) < 4.78 is 11.3. The van der Waals surface area contributed by atoms with Gasteiger partial charge < -0.3 is 20.1 Å². The molecule has 2 aromatic carbocycles. The summed E-state index contributed by atoms with van der Waals surface area (Å²) in [7, 11) is 0. The third-order valence-electron chi connectivity index (χ3n) is 4.07. The van der Waals surface area contributed by atoms with Crippen LogP contribution in [0.25, 0.3) is 0 Å². The third kappa shape index (κ3) is 2.74. The maximum Gasteiger partial charge on any atom is 0.323 e. The zero-order valence-electron chi connectivity index (χ0n) is 12.6. The van der Waals surface area contributed by atoms with Gasteiger partial charge in [-0.25, -0.2) is 4.79 Å². The Kier molecular flexibility index (Phi) is 3.90. The molecule has 0 radical (unpaired) electrons. The average Bonchev–Trinajstić information content (AvgIpc) is 3.19. The van der Waals surface area contributed by atoms with Crippen molar-refractivity contribution in [1.82, 2.24) is 0 Å². The van der Waals surface area contributed by atoms with Gasteiger partial charge in [0.25, 0.3) is 0 Å². The molecule has 0 spiro atoms. The molecule has 2 N–H and O–H groups in total. The highest BCUT2D eigenvalue weighted by atomic mass is 35.5. The molecule has 5 nitrogen and oxygen atoms in total. The summed E-state index contributed by atoms with van der Waals surface area (Å²) in [4.78, 5) is 12.4. The number of rotatable bonds is 2. The standard InChI is InChI=1S/C17H14Cl2N2O3/c18-10-1-2-12(19)13(8-10)20-17(22)21-15-11-4-6-23-14(11)7-9-3-5-24-16(9)15/h1-2,7-8H,3-6H2,(H2,20,21,22). The molecular formula is C17H14Cl2N2O3. The van der Waals surface area contributed by atoms with Gasteiger partial charge in [-0.3, -0.25) is 0 Å². The summed E-state index contributed by atoms with van der Waals surface area (Å²) in [6, 6.07) is 6.49. The van der Waals surface area contributed by atoms with Gasteiger partial charge in [-0.2, -0.15) is 0 Å². The van der Waals surface area contributed by atoms with Crippen LogP contribution in [0.2, 0.25) is 10.0 Å². The van der Waals surface area contributed by atoms with Crippen LogP contribution in [0, 0.1) is 0 Å². The Bertz CT molecular complexity index is 807. The van der Waals surface area contributed by atoms with Crippen LogP contribution in [0.1, 0.15) is 11.1 Å². The van der Waals surface area contributed by atoms with Crippen LogP contribution >= 0.6 is 23.2 Å². The Morgan fingerprint density at radius 2 is 1.88 bits per heavy atom. The van der Waals surface area contributed by atoms with E-state index in [1.165, 1.54) is 0 Å². The van der Waals surface area contributed by atoms with E-state index in [-0.39, 0.29) is 0 Å². The molecule has 24 heavy (non-hydrogen) atoms. The number of anilines is 2. The van der Waals surface area contributed by atoms with Crippen LogP contribution in [-0.2, 0) is 12.8 Å². The van der Waals surface area contributed by atoms with Crippen molar-refractivity contribution in [3.8, 4) is 11.5 Å². The van der Waals surface area contributed by atoms with Crippen molar-refractivity contribution in [3.05, 3.63) is 45.4 Å². The Hall–Kier alpha value is -2.11. The van der Waals surface area contributed by atoms with E-state index in [0.29, 0.717) is 34.6 Å². The first-order valence-electron chi connectivity index (χ1n) is 7.59. The van der Waals surface area contributed by atoms with Crippen molar-refractivity contribution < 1.29 is 14.3 Å². The van der Waals surface area contributed by atoms with Gasteiger partial charge in [0.15, 0.2) is 0 Å². The van der Waals surface area contributed by atoms with E-state index in [0.717, 1.165) is 35.5 Å². The van der Waals surface area contributed by atoms with Gasteiger partial charge >= 0.3 is 6.03 Å². The first-order chi connectivity index (χ1) is 11.6. The summed E-state index contributed by atoms with van der Waals surface area (Å²) in [5.41, 5.74) is 3.13. The predicted octanol–water partition coefficient (Wildman–Crippen LogP) is 4.51. The Balaban J connectivity index is 1.62. The molecule has 4 rings (SSSR count). The van der Waals surface area contributed by atoms with Crippen LogP contribution in [-0.4, -0.2) is 19.2 Å². The van der Waals surface area contributed by atoms with Gasteiger partial charge in [-0.15, -0.1) is 0 Å². The fraction of sp³-hybridized carbons (Fsp3) is 0.235. The molecule has 0 bridgehead atoms. The third-order valence-corrected chi connectivity index (χ3v) is 4.63. The SMILES string of the molecule is O=C(Nc1cc(Cl)ccc1Cl)Nc1c2c(cc3c1OCC3)OCC2. The van der Waals surface area contributed by atoms with Crippen molar-refractivity contribution in [2.45, 2.75) is 12.8 Å². The van der Waals surface area contributed by atoms with E-state index in [9.17, 15) is 4.79 Å². The number of urea groups is 1. The monoisotopic (exact) mass is 364 g/mol. The molecular weight excluding hydrogens is 351 g/mol. The minimum atomic E-state index is -0.405. The van der Waals surface area contributed by atoms with Crippen molar-refractivity contribution in [3.63, 3.8) is 0 Å². The highest BCUT2D eigenvalue weighted by Crippen LogP contribution is 2.44. The minimum absolute atomic E-state index is 0.405. The van der Waals surface area contributed by atoms with E-state index < -0.39 is 6.03 Å². The van der Waals surface area contributed by atoms with E-state index >= 15 is 0 Å². The molecule has 2 heterocycles. The number of carbonyl (C=O) groups is 1. The number of ether oxygens (including phenoxy) is 2. The lowest BCUT2D eigenvalue weighted by Crippen LogP contribution is -2.20. The Morgan fingerprint density at radius 3 is 2.75 bits per heavy atom. The lowest BCUT2D eigenvalue weighted by atomic mass is 10.0. The molecule has 124 valence electrons. The maximum absolute atomic E-state index is 12.4. The normalized spacial score (nSPS) is 14.4. The Morgan fingerprint density at radius 1 is 1.04 bits per heavy atom. The molecule has 2 aliphatic heterocycles. The van der Waals surface area contributed by atoms with Crippen molar-refractivity contribution in [1.29, 1.82) is 0 Å². The van der Waals surface area contributed by atoms with Crippen LogP contribution in [0.3, 0.4) is 0 Å². The number of benzene rings is 2. The van der Waals surface area contributed by atoms with Crippen LogP contribution in [0.4, 0.5) is 16.2 Å². The lowest BCUT2D eigenvalue weighted by Gasteiger charge is -2.15. The number of fused-ring (bicyclic) bond motifs is 2. The summed E-state index contributed by atoms with van der Waals surface area (Å²) in [6.45, 7) is 1.21. The lowest BCUT2D eigenvalue weighted by molar-refractivity contribution is 0.262. The first kappa shape index (κ1) is 15.4. The Labute approximate surface area is 148 Å². The minimum Gasteiger partial charge on any atom is -0.493 e. The quantitative estimate of drug-likeness (QED) is 0.824. The molecule has 0 atom stereocenters. The maximum atomic E-state index is 12.4. The van der Waals surface area contributed by atoms with E-state index in [4.69, 9.17) is 32.7 Å². The molecule has 2 aromatic rings. The average molecular weight is 365 g/mol. The van der Waals surface area contributed by atoms with E-state index in [1.807, 2.05) is 6.07 Å². The molecule has 0 aromatic heterocycles. The number of carbonyl (C=O) groups excluding carboxylic acids is 1. The van der Waals surface area contributed by atoms with Crippen LogP contribution in [0.5, 0.6) is 11.5 Å². The topological polar surface area (TPSA) is 59.6 Å². The van der Waals surface area contributed by atoms with Gasteiger partial charge in [-0.05, 0) is 24.3 Å². The second kappa shape index (κ2) is 6.07. The van der Waals surface area contributed by atoms with Gasteiger partial charge in [0.1, 0.15) is 11.5 Å².